The van der Waals surface area contributed by atoms with E-state index in [2.05, 4.69) is 4.98 Å². The molecule has 1 N–H and O–H groups in total. The van der Waals surface area contributed by atoms with Gasteiger partial charge in [0.05, 0.1) is 21.7 Å². The molecular weight excluding hydrogens is 519 g/mol. The summed E-state index contributed by atoms with van der Waals surface area (Å²) in [4.78, 5) is 31.1. The fraction of sp³-hybridized carbons (Fsp3) is 0.444. The summed E-state index contributed by atoms with van der Waals surface area (Å²) in [5.74, 6) is -0.263. The second-order valence-corrected chi connectivity index (χ2v) is 11.0. The molecule has 0 radical (unpaired) electrons. The molecule has 2 bridgehead atoms. The fourth-order valence-electron chi connectivity index (χ4n) is 4.81. The molecule has 2 unspecified atom stereocenters. The Labute approximate surface area is 226 Å². The number of hydrogen-bond acceptors (Lipinski definition) is 6. The number of aryl methyl sites for hydroxylation is 1. The van der Waals surface area contributed by atoms with Gasteiger partial charge in [-0.15, -0.1) is 0 Å². The number of halogens is 2. The highest BCUT2D eigenvalue weighted by Gasteiger charge is 2.47. The predicted molar refractivity (Wildman–Crippen MR) is 140 cm³/mol. The first-order valence-electron chi connectivity index (χ1n) is 12.1. The second kappa shape index (κ2) is 10.8. The molecule has 3 heterocycles. The maximum absolute atomic E-state index is 12.8. The zero-order valence-electron chi connectivity index (χ0n) is 21.2. The van der Waals surface area contributed by atoms with E-state index >= 15 is 0 Å². The van der Waals surface area contributed by atoms with Crippen LogP contribution >= 0.6 is 23.2 Å². The lowest BCUT2D eigenvalue weighted by Gasteiger charge is -2.37. The lowest BCUT2D eigenvalue weighted by molar-refractivity contribution is -0.133. The van der Waals surface area contributed by atoms with Gasteiger partial charge in [0.15, 0.2) is 5.75 Å². The van der Waals surface area contributed by atoms with E-state index < -0.39 is 23.7 Å². The molecule has 37 heavy (non-hydrogen) atoms. The van der Waals surface area contributed by atoms with Gasteiger partial charge in [-0.05, 0) is 81.9 Å². The van der Waals surface area contributed by atoms with Crippen LogP contribution in [0.25, 0.3) is 5.57 Å². The van der Waals surface area contributed by atoms with Crippen LogP contribution in [0.5, 0.6) is 11.6 Å². The molecule has 1 amide bonds. The monoisotopic (exact) mass is 548 g/mol. The van der Waals surface area contributed by atoms with Crippen molar-refractivity contribution in [2.45, 2.75) is 64.6 Å². The number of rotatable bonds is 7. The molecule has 2 aromatic rings. The van der Waals surface area contributed by atoms with Crippen molar-refractivity contribution >= 4 is 40.8 Å². The highest BCUT2D eigenvalue weighted by molar-refractivity contribution is 6.37. The summed E-state index contributed by atoms with van der Waals surface area (Å²) < 4.78 is 16.9. The predicted octanol–water partition coefficient (Wildman–Crippen LogP) is 6.16. The van der Waals surface area contributed by atoms with Gasteiger partial charge in [-0.1, -0.05) is 23.2 Å². The smallest absolute Gasteiger partial charge is 0.411 e. The number of carboxylic acids is 1. The average molecular weight is 549 g/mol. The van der Waals surface area contributed by atoms with E-state index in [1.165, 1.54) is 0 Å². The number of benzene rings is 1. The van der Waals surface area contributed by atoms with E-state index in [9.17, 15) is 14.7 Å². The average Bonchev–Trinajstić information content (AvgIpc) is 3.10. The Bertz CT molecular complexity index is 1200. The van der Waals surface area contributed by atoms with Crippen LogP contribution in [0.15, 0.2) is 36.0 Å². The third-order valence-electron chi connectivity index (χ3n) is 6.24. The molecule has 198 valence electrons. The summed E-state index contributed by atoms with van der Waals surface area (Å²) in [7, 11) is 0. The van der Waals surface area contributed by atoms with E-state index in [0.717, 1.165) is 5.56 Å². The van der Waals surface area contributed by atoms with Crippen molar-refractivity contribution < 1.29 is 28.9 Å². The zero-order chi connectivity index (χ0) is 26.9. The first-order chi connectivity index (χ1) is 17.4. The maximum atomic E-state index is 12.8. The van der Waals surface area contributed by atoms with Crippen molar-refractivity contribution in [3.63, 3.8) is 0 Å². The van der Waals surface area contributed by atoms with Gasteiger partial charge in [-0.2, -0.15) is 0 Å². The molecule has 8 nitrogen and oxygen atoms in total. The molecule has 10 heteroatoms. The summed E-state index contributed by atoms with van der Waals surface area (Å²) in [6.45, 7) is 7.71. The molecule has 1 aromatic carbocycles. The summed E-state index contributed by atoms with van der Waals surface area (Å²) in [6, 6.07) is 6.37. The van der Waals surface area contributed by atoms with E-state index in [0.29, 0.717) is 52.1 Å². The maximum Gasteiger partial charge on any atom is 0.411 e. The largest absolute Gasteiger partial charge is 0.487 e. The van der Waals surface area contributed by atoms with Gasteiger partial charge in [-0.25, -0.2) is 14.6 Å². The Balaban J connectivity index is 1.43. The quantitative estimate of drug-likeness (QED) is 0.413. The highest BCUT2D eigenvalue weighted by atomic mass is 35.5. The SMILES string of the molecule is Cc1cc(Cl)c(OCCOc2ccc(C3=C(C(=O)O)C4CCC(C3)N4C(=O)OC(C)(C)C)cn2)c(Cl)c1. The van der Waals surface area contributed by atoms with Gasteiger partial charge in [0.1, 0.15) is 18.8 Å². The van der Waals surface area contributed by atoms with Crippen LogP contribution < -0.4 is 9.47 Å². The van der Waals surface area contributed by atoms with Gasteiger partial charge < -0.3 is 19.3 Å². The molecule has 2 atom stereocenters. The number of aliphatic carboxylic acids is 1. The van der Waals surface area contributed by atoms with Crippen molar-refractivity contribution in [3.8, 4) is 11.6 Å². The van der Waals surface area contributed by atoms with E-state index in [1.807, 2.05) is 6.92 Å². The summed E-state index contributed by atoms with van der Waals surface area (Å²) in [5, 5.41) is 10.9. The fourth-order valence-corrected chi connectivity index (χ4v) is 5.51. The van der Waals surface area contributed by atoms with E-state index in [1.54, 1.807) is 56.1 Å². The number of ether oxygens (including phenoxy) is 3. The molecule has 0 spiro atoms. The van der Waals surface area contributed by atoms with Crippen molar-refractivity contribution in [2.24, 2.45) is 0 Å². The highest BCUT2D eigenvalue weighted by Crippen LogP contribution is 2.43. The van der Waals surface area contributed by atoms with Gasteiger partial charge in [0.2, 0.25) is 5.88 Å². The molecule has 1 aromatic heterocycles. The number of hydrogen-bond donors (Lipinski definition) is 1. The Morgan fingerprint density at radius 3 is 2.38 bits per heavy atom. The van der Waals surface area contributed by atoms with E-state index in [4.69, 9.17) is 37.4 Å². The molecule has 2 aliphatic rings. The number of carbonyl (C=O) groups is 2. The van der Waals surface area contributed by atoms with Crippen molar-refractivity contribution in [3.05, 3.63) is 57.2 Å². The standard InChI is InChI=1S/C27H30Cl2N2O6/c1-15-11-19(28)24(20(29)12-15)36-10-9-35-22-8-5-16(14-30-22)18-13-17-6-7-21(23(18)25(32)33)31(17)26(34)37-27(2,3)4/h5,8,11-12,14,17,21H,6-7,9-10,13H2,1-4H3,(H,32,33). The minimum absolute atomic E-state index is 0.119. The zero-order valence-corrected chi connectivity index (χ0v) is 22.7. The molecule has 2 aliphatic heterocycles. The van der Waals surface area contributed by atoms with Crippen LogP contribution in [-0.4, -0.2) is 58.0 Å². The van der Waals surface area contributed by atoms with Crippen LogP contribution in [0.4, 0.5) is 4.79 Å². The number of fused-ring (bicyclic) bond motifs is 2. The lowest BCUT2D eigenvalue weighted by Crippen LogP contribution is -2.48. The minimum Gasteiger partial charge on any atom is -0.487 e. The molecule has 0 saturated carbocycles. The number of aromatic nitrogens is 1. The van der Waals surface area contributed by atoms with Crippen molar-refractivity contribution in [2.75, 3.05) is 13.2 Å². The number of nitrogens with zero attached hydrogens (tertiary/aromatic N) is 2. The van der Waals surface area contributed by atoms with Crippen LogP contribution in [0.1, 0.15) is 51.2 Å². The molecule has 0 aliphatic carbocycles. The van der Waals surface area contributed by atoms with Crippen LogP contribution in [0, 0.1) is 6.92 Å². The first kappa shape index (κ1) is 27.1. The van der Waals surface area contributed by atoms with E-state index in [-0.39, 0.29) is 24.8 Å². The van der Waals surface area contributed by atoms with Gasteiger partial charge in [-0.3, -0.25) is 4.90 Å². The van der Waals surface area contributed by atoms with Crippen molar-refractivity contribution in [1.82, 2.24) is 9.88 Å². The first-order valence-corrected chi connectivity index (χ1v) is 12.9. The molecule has 4 rings (SSSR count). The Morgan fingerprint density at radius 1 is 1.11 bits per heavy atom. The summed E-state index contributed by atoms with van der Waals surface area (Å²) in [5.41, 5.74) is 1.88. The number of carboxylic acid groups (broad SMARTS) is 1. The minimum atomic E-state index is -1.04. The molecular formula is C27H30Cl2N2O6. The number of pyridine rings is 1. The third kappa shape index (κ3) is 6.13. The lowest BCUT2D eigenvalue weighted by atomic mass is 9.89. The Hall–Kier alpha value is -2.97. The van der Waals surface area contributed by atoms with Gasteiger partial charge in [0.25, 0.3) is 0 Å². The van der Waals surface area contributed by atoms with Gasteiger partial charge in [0, 0.05) is 18.3 Å². The number of amides is 1. The normalized spacial score (nSPS) is 19.1. The summed E-state index contributed by atoms with van der Waals surface area (Å²) >= 11 is 12.4. The second-order valence-electron chi connectivity index (χ2n) is 10.2. The summed E-state index contributed by atoms with van der Waals surface area (Å²) in [6.07, 6.45) is 2.85. The third-order valence-corrected chi connectivity index (χ3v) is 6.80. The van der Waals surface area contributed by atoms with Gasteiger partial charge >= 0.3 is 12.1 Å². The number of carbonyl (C=O) groups excluding carboxylic acids is 1. The van der Waals surface area contributed by atoms with Crippen LogP contribution in [0.3, 0.4) is 0 Å². The topological polar surface area (TPSA) is 98.2 Å². The Kier molecular flexibility index (Phi) is 7.90. The Morgan fingerprint density at radius 2 is 1.78 bits per heavy atom. The van der Waals surface area contributed by atoms with Crippen LogP contribution in [0.2, 0.25) is 10.0 Å². The molecule has 1 saturated heterocycles. The van der Waals surface area contributed by atoms with Crippen LogP contribution in [-0.2, 0) is 9.53 Å². The molecule has 1 fully saturated rings. The van der Waals surface area contributed by atoms with Crippen molar-refractivity contribution in [1.29, 1.82) is 0 Å².